The summed E-state index contributed by atoms with van der Waals surface area (Å²) in [5.74, 6) is 0. The zero-order valence-corrected chi connectivity index (χ0v) is 15.1. The van der Waals surface area contributed by atoms with E-state index in [1.807, 2.05) is 12.1 Å². The second-order valence-corrected chi connectivity index (χ2v) is 9.26. The van der Waals surface area contributed by atoms with E-state index in [1.165, 1.54) is 30.4 Å². The molecule has 0 spiro atoms. The number of aromatic nitrogens is 1. The van der Waals surface area contributed by atoms with E-state index >= 15 is 0 Å². The summed E-state index contributed by atoms with van der Waals surface area (Å²) in [4.78, 5) is 7.55. The van der Waals surface area contributed by atoms with Gasteiger partial charge in [0.05, 0.1) is 17.1 Å². The van der Waals surface area contributed by atoms with Crippen molar-refractivity contribution in [1.82, 2.24) is 4.98 Å². The molecule has 3 rings (SSSR count). The molecule has 0 bridgehead atoms. The van der Waals surface area contributed by atoms with E-state index < -0.39 is 9.84 Å². The van der Waals surface area contributed by atoms with Crippen LogP contribution in [0.4, 0.5) is 11.4 Å². The lowest BCUT2D eigenvalue weighted by Crippen LogP contribution is -2.18. The molecule has 0 radical (unpaired) electrons. The van der Waals surface area contributed by atoms with Gasteiger partial charge in [-0.3, -0.25) is 0 Å². The molecular formula is C15H18ClN3O2S2. The summed E-state index contributed by atoms with van der Waals surface area (Å²) in [6.07, 6.45) is 5.28. The summed E-state index contributed by atoms with van der Waals surface area (Å²) >= 11 is 7.22. The minimum absolute atomic E-state index is 0.316. The summed E-state index contributed by atoms with van der Waals surface area (Å²) in [5.41, 5.74) is 1.68. The molecule has 1 N–H and O–H groups in total. The first-order valence-electron chi connectivity index (χ1n) is 7.36. The maximum Gasteiger partial charge on any atom is 0.183 e. The van der Waals surface area contributed by atoms with Gasteiger partial charge in [-0.1, -0.05) is 11.6 Å². The minimum atomic E-state index is -3.29. The van der Waals surface area contributed by atoms with Crippen molar-refractivity contribution in [2.24, 2.45) is 0 Å². The van der Waals surface area contributed by atoms with Crippen LogP contribution in [0.1, 0.15) is 17.7 Å². The predicted octanol–water partition coefficient (Wildman–Crippen LogP) is 3.41. The average Bonchev–Trinajstić information content (AvgIpc) is 3.15. The van der Waals surface area contributed by atoms with Crippen molar-refractivity contribution < 1.29 is 8.42 Å². The molecule has 1 fully saturated rings. The second kappa shape index (κ2) is 6.67. The molecule has 1 aromatic heterocycles. The van der Waals surface area contributed by atoms with E-state index in [0.29, 0.717) is 21.6 Å². The first-order chi connectivity index (χ1) is 10.9. The van der Waals surface area contributed by atoms with Crippen LogP contribution in [0.15, 0.2) is 29.3 Å². The fraction of sp³-hybridized carbons (Fsp3) is 0.400. The summed E-state index contributed by atoms with van der Waals surface area (Å²) in [6.45, 7) is 2.53. The molecule has 2 heterocycles. The van der Waals surface area contributed by atoms with E-state index in [4.69, 9.17) is 11.6 Å². The van der Waals surface area contributed by atoms with Crippen LogP contribution < -0.4 is 10.2 Å². The van der Waals surface area contributed by atoms with Crippen LogP contribution in [0.3, 0.4) is 0 Å². The molecule has 1 saturated heterocycles. The highest BCUT2D eigenvalue weighted by Crippen LogP contribution is 2.30. The van der Waals surface area contributed by atoms with Gasteiger partial charge in [-0.25, -0.2) is 13.4 Å². The number of hydrogen-bond acceptors (Lipinski definition) is 6. The van der Waals surface area contributed by atoms with Crippen molar-refractivity contribution in [3.05, 3.63) is 33.7 Å². The Kier molecular flexibility index (Phi) is 4.79. The smallest absolute Gasteiger partial charge is 0.183 e. The molecule has 0 atom stereocenters. The largest absolute Gasteiger partial charge is 0.379 e. The van der Waals surface area contributed by atoms with E-state index in [-0.39, 0.29) is 0 Å². The highest BCUT2D eigenvalue weighted by atomic mass is 35.5. The van der Waals surface area contributed by atoms with Crippen LogP contribution in [0, 0.1) is 0 Å². The number of thiazole rings is 1. The Morgan fingerprint density at radius 3 is 2.70 bits per heavy atom. The zero-order chi connectivity index (χ0) is 16.4. The van der Waals surface area contributed by atoms with Crippen molar-refractivity contribution in [3.8, 4) is 0 Å². The fourth-order valence-electron chi connectivity index (χ4n) is 2.70. The van der Waals surface area contributed by atoms with Gasteiger partial charge >= 0.3 is 0 Å². The third kappa shape index (κ3) is 3.97. The lowest BCUT2D eigenvalue weighted by Gasteiger charge is -2.20. The second-order valence-electron chi connectivity index (χ2n) is 5.58. The monoisotopic (exact) mass is 371 g/mol. The number of halogens is 1. The summed E-state index contributed by atoms with van der Waals surface area (Å²) in [6, 6.07) is 5.49. The molecule has 1 aliphatic rings. The Hall–Kier alpha value is -1.31. The number of sulfone groups is 1. The SMILES string of the molecule is CS(=O)(=O)c1ccc(N2CCCC2)cc1NCc1cnc(Cl)s1. The van der Waals surface area contributed by atoms with Gasteiger partial charge in [0.1, 0.15) is 0 Å². The normalized spacial score (nSPS) is 15.1. The van der Waals surface area contributed by atoms with E-state index in [9.17, 15) is 8.42 Å². The van der Waals surface area contributed by atoms with Gasteiger partial charge in [-0.2, -0.15) is 0 Å². The molecule has 0 unspecified atom stereocenters. The third-order valence-corrected chi connectivity index (χ3v) is 6.08. The highest BCUT2D eigenvalue weighted by Gasteiger charge is 2.18. The molecule has 0 amide bonds. The number of anilines is 2. The van der Waals surface area contributed by atoms with Gasteiger partial charge in [0.15, 0.2) is 14.3 Å². The predicted molar refractivity (Wildman–Crippen MR) is 95.4 cm³/mol. The van der Waals surface area contributed by atoms with Crippen molar-refractivity contribution in [1.29, 1.82) is 0 Å². The van der Waals surface area contributed by atoms with E-state index in [1.54, 1.807) is 12.3 Å². The van der Waals surface area contributed by atoms with Crippen molar-refractivity contribution in [2.45, 2.75) is 24.3 Å². The Bertz CT molecular complexity index is 799. The maximum absolute atomic E-state index is 12.0. The first-order valence-corrected chi connectivity index (χ1v) is 10.5. The van der Waals surface area contributed by atoms with Gasteiger partial charge in [0.25, 0.3) is 0 Å². The minimum Gasteiger partial charge on any atom is -0.379 e. The van der Waals surface area contributed by atoms with Crippen LogP contribution in [-0.4, -0.2) is 32.7 Å². The van der Waals surface area contributed by atoms with E-state index in [2.05, 4.69) is 15.2 Å². The lowest BCUT2D eigenvalue weighted by molar-refractivity contribution is 0.602. The van der Waals surface area contributed by atoms with Crippen LogP contribution in [0.2, 0.25) is 4.47 Å². The van der Waals surface area contributed by atoms with Crippen LogP contribution in [0.25, 0.3) is 0 Å². The molecule has 1 aliphatic heterocycles. The van der Waals surface area contributed by atoms with Gasteiger partial charge in [-0.15, -0.1) is 11.3 Å². The maximum atomic E-state index is 12.0. The fourth-order valence-corrected chi connectivity index (χ4v) is 4.46. The number of benzene rings is 1. The van der Waals surface area contributed by atoms with Crippen LogP contribution in [0.5, 0.6) is 0 Å². The number of nitrogens with one attached hydrogen (secondary N) is 1. The molecule has 0 aliphatic carbocycles. The first kappa shape index (κ1) is 16.5. The average molecular weight is 372 g/mol. The van der Waals surface area contributed by atoms with Gasteiger partial charge < -0.3 is 10.2 Å². The molecule has 8 heteroatoms. The number of hydrogen-bond donors (Lipinski definition) is 1. The molecule has 1 aromatic carbocycles. The van der Waals surface area contributed by atoms with Gasteiger partial charge in [-0.05, 0) is 31.0 Å². The topological polar surface area (TPSA) is 62.3 Å². The molecule has 0 saturated carbocycles. The molecule has 2 aromatic rings. The quantitative estimate of drug-likeness (QED) is 0.872. The van der Waals surface area contributed by atoms with E-state index in [0.717, 1.165) is 23.7 Å². The summed E-state index contributed by atoms with van der Waals surface area (Å²) < 4.78 is 24.5. The molecule has 5 nitrogen and oxygen atoms in total. The Labute approximate surface area is 145 Å². The zero-order valence-electron chi connectivity index (χ0n) is 12.8. The van der Waals surface area contributed by atoms with Crippen molar-refractivity contribution >= 4 is 44.1 Å². The van der Waals surface area contributed by atoms with Crippen LogP contribution in [-0.2, 0) is 16.4 Å². The Morgan fingerprint density at radius 2 is 2.09 bits per heavy atom. The third-order valence-electron chi connectivity index (χ3n) is 3.81. The Morgan fingerprint density at radius 1 is 1.35 bits per heavy atom. The van der Waals surface area contributed by atoms with Crippen molar-refractivity contribution in [2.75, 3.05) is 29.6 Å². The standard InChI is InChI=1S/C15H18ClN3O2S2/c1-23(20,21)14-5-4-11(19-6-2-3-7-19)8-13(14)17-9-12-10-18-15(16)22-12/h4-5,8,10,17H,2-3,6-7,9H2,1H3. The van der Waals surface area contributed by atoms with Gasteiger partial charge in [0.2, 0.25) is 0 Å². The molecule has 23 heavy (non-hydrogen) atoms. The highest BCUT2D eigenvalue weighted by molar-refractivity contribution is 7.90. The number of nitrogens with zero attached hydrogens (tertiary/aromatic N) is 2. The molecular weight excluding hydrogens is 354 g/mol. The van der Waals surface area contributed by atoms with Crippen LogP contribution >= 0.6 is 22.9 Å². The molecule has 124 valence electrons. The summed E-state index contributed by atoms with van der Waals surface area (Å²) in [5, 5.41) is 3.22. The van der Waals surface area contributed by atoms with Gasteiger partial charge in [0, 0.05) is 36.1 Å². The Balaban J connectivity index is 1.88. The lowest BCUT2D eigenvalue weighted by atomic mass is 10.2. The summed E-state index contributed by atoms with van der Waals surface area (Å²) in [7, 11) is -3.29. The number of rotatable bonds is 5. The van der Waals surface area contributed by atoms with Crippen molar-refractivity contribution in [3.63, 3.8) is 0 Å².